The van der Waals surface area contributed by atoms with E-state index in [4.69, 9.17) is 9.72 Å². The summed E-state index contributed by atoms with van der Waals surface area (Å²) >= 11 is 1.45. The molecule has 6 nitrogen and oxygen atoms in total. The van der Waals surface area contributed by atoms with Gasteiger partial charge in [-0.3, -0.25) is 4.79 Å². The van der Waals surface area contributed by atoms with Crippen LogP contribution >= 0.6 is 11.5 Å². The first-order valence-electron chi connectivity index (χ1n) is 8.81. The van der Waals surface area contributed by atoms with E-state index in [1.54, 1.807) is 0 Å². The number of hydrogen-bond donors (Lipinski definition) is 2. The Kier molecular flexibility index (Phi) is 4.48. The number of carbonyl (C=O) groups is 1. The van der Waals surface area contributed by atoms with E-state index in [0.29, 0.717) is 12.3 Å². The Morgan fingerprint density at radius 3 is 2.83 bits per heavy atom. The van der Waals surface area contributed by atoms with Gasteiger partial charge < -0.3 is 15.4 Å². The Bertz CT molecular complexity index is 552. The number of aromatic nitrogens is 2. The van der Waals surface area contributed by atoms with Crippen LogP contribution in [0.5, 0.6) is 0 Å². The lowest BCUT2D eigenvalue weighted by Crippen LogP contribution is -2.56. The van der Waals surface area contributed by atoms with Gasteiger partial charge in [-0.15, -0.1) is 0 Å². The molecule has 126 valence electrons. The summed E-state index contributed by atoms with van der Waals surface area (Å²) in [4.78, 5) is 16.5. The maximum atomic E-state index is 11.8. The highest BCUT2D eigenvalue weighted by Gasteiger charge is 2.37. The van der Waals surface area contributed by atoms with Crippen LogP contribution in [0.3, 0.4) is 0 Å². The van der Waals surface area contributed by atoms with Crippen LogP contribution in [0.1, 0.15) is 63.1 Å². The van der Waals surface area contributed by atoms with Crippen LogP contribution in [0.2, 0.25) is 0 Å². The normalized spacial score (nSPS) is 32.2. The average Bonchev–Trinajstić information content (AvgIpc) is 3.31. The Balaban J connectivity index is 1.44. The van der Waals surface area contributed by atoms with Crippen molar-refractivity contribution in [2.45, 2.75) is 75.5 Å². The van der Waals surface area contributed by atoms with Gasteiger partial charge in [0, 0.05) is 30.5 Å². The summed E-state index contributed by atoms with van der Waals surface area (Å²) in [7, 11) is 0. The van der Waals surface area contributed by atoms with Crippen molar-refractivity contribution in [3.05, 3.63) is 5.82 Å². The summed E-state index contributed by atoms with van der Waals surface area (Å²) in [5.41, 5.74) is 0. The van der Waals surface area contributed by atoms with Gasteiger partial charge in [0.15, 0.2) is 0 Å². The van der Waals surface area contributed by atoms with Crippen molar-refractivity contribution in [3.63, 3.8) is 0 Å². The number of nitrogens with zero attached hydrogens (tertiary/aromatic N) is 2. The summed E-state index contributed by atoms with van der Waals surface area (Å²) in [6.45, 7) is 0.800. The molecule has 0 spiro atoms. The maximum Gasteiger partial charge on any atom is 0.220 e. The first kappa shape index (κ1) is 15.3. The van der Waals surface area contributed by atoms with Crippen LogP contribution in [-0.4, -0.2) is 40.1 Å². The van der Waals surface area contributed by atoms with E-state index in [0.717, 1.165) is 36.8 Å². The number of amides is 1. The fourth-order valence-corrected chi connectivity index (χ4v) is 4.73. The van der Waals surface area contributed by atoms with Gasteiger partial charge in [-0.2, -0.15) is 4.37 Å². The molecule has 23 heavy (non-hydrogen) atoms. The zero-order valence-electron chi connectivity index (χ0n) is 13.3. The molecule has 3 heterocycles. The Morgan fingerprint density at radius 2 is 2.04 bits per heavy atom. The number of anilines is 1. The third-order valence-electron chi connectivity index (χ3n) is 5.28. The number of nitrogens with one attached hydrogen (secondary N) is 2. The molecular weight excluding hydrogens is 312 g/mol. The van der Waals surface area contributed by atoms with E-state index >= 15 is 0 Å². The Hall–Kier alpha value is -1.21. The smallest absolute Gasteiger partial charge is 0.220 e. The highest BCUT2D eigenvalue weighted by Crippen LogP contribution is 2.34. The summed E-state index contributed by atoms with van der Waals surface area (Å²) in [5.74, 6) is 1.68. The summed E-state index contributed by atoms with van der Waals surface area (Å²) in [6.07, 6.45) is 8.64. The molecule has 0 bridgehead atoms. The molecule has 3 atom stereocenters. The average molecular weight is 336 g/mol. The second kappa shape index (κ2) is 6.73. The van der Waals surface area contributed by atoms with Gasteiger partial charge in [-0.25, -0.2) is 4.98 Å². The van der Waals surface area contributed by atoms with Crippen molar-refractivity contribution in [1.29, 1.82) is 0 Å². The lowest BCUT2D eigenvalue weighted by Gasteiger charge is -2.35. The molecule has 3 fully saturated rings. The van der Waals surface area contributed by atoms with Crippen molar-refractivity contribution in [1.82, 2.24) is 14.7 Å². The minimum atomic E-state index is 0.0394. The molecule has 0 radical (unpaired) electrons. The number of carbonyl (C=O) groups excluding carboxylic acids is 1. The van der Waals surface area contributed by atoms with Crippen molar-refractivity contribution in [2.75, 3.05) is 11.9 Å². The fourth-order valence-electron chi connectivity index (χ4n) is 4.03. The second-order valence-corrected chi connectivity index (χ2v) is 7.63. The van der Waals surface area contributed by atoms with Gasteiger partial charge >= 0.3 is 0 Å². The molecule has 7 heteroatoms. The minimum Gasteiger partial charge on any atom is -0.376 e. The zero-order chi connectivity index (χ0) is 15.6. The van der Waals surface area contributed by atoms with E-state index in [1.165, 1.54) is 37.2 Å². The van der Waals surface area contributed by atoms with Gasteiger partial charge in [0.1, 0.15) is 5.82 Å². The van der Waals surface area contributed by atoms with Crippen LogP contribution in [0.4, 0.5) is 5.13 Å². The third-order valence-corrected chi connectivity index (χ3v) is 5.94. The molecular formula is C16H24N4O2S. The highest BCUT2D eigenvalue weighted by molar-refractivity contribution is 7.09. The maximum absolute atomic E-state index is 11.8. The molecule has 1 aromatic rings. The number of piperidine rings is 1. The summed E-state index contributed by atoms with van der Waals surface area (Å²) in [5, 5.41) is 7.53. The van der Waals surface area contributed by atoms with Crippen molar-refractivity contribution in [3.8, 4) is 0 Å². The molecule has 1 amide bonds. The monoisotopic (exact) mass is 336 g/mol. The fraction of sp³-hybridized carbons (Fsp3) is 0.812. The van der Waals surface area contributed by atoms with Crippen LogP contribution in [-0.2, 0) is 9.53 Å². The summed E-state index contributed by atoms with van der Waals surface area (Å²) < 4.78 is 10.4. The molecule has 3 aliphatic rings. The largest absolute Gasteiger partial charge is 0.376 e. The van der Waals surface area contributed by atoms with Crippen molar-refractivity contribution >= 4 is 22.6 Å². The van der Waals surface area contributed by atoms with Crippen molar-refractivity contribution in [2.24, 2.45) is 0 Å². The van der Waals surface area contributed by atoms with E-state index in [9.17, 15) is 4.79 Å². The lowest BCUT2D eigenvalue weighted by atomic mass is 9.92. The van der Waals surface area contributed by atoms with E-state index in [2.05, 4.69) is 15.0 Å². The van der Waals surface area contributed by atoms with Gasteiger partial charge in [0.2, 0.25) is 11.0 Å². The molecule has 1 saturated carbocycles. The quantitative estimate of drug-likeness (QED) is 0.883. The van der Waals surface area contributed by atoms with Crippen LogP contribution in [0.15, 0.2) is 0 Å². The standard InChI is InChI=1S/C16H24N4O2S/c21-13-8-7-11(14(18-13)12-6-3-9-22-12)17-16-19-15(20-23-16)10-4-1-2-5-10/h10-12,14H,1-9H2,(H,18,21)(H,17,19,20). The van der Waals surface area contributed by atoms with Crippen LogP contribution in [0.25, 0.3) is 0 Å². The first-order chi connectivity index (χ1) is 11.3. The molecule has 1 aliphatic carbocycles. The highest BCUT2D eigenvalue weighted by atomic mass is 32.1. The van der Waals surface area contributed by atoms with Crippen LogP contribution < -0.4 is 10.6 Å². The van der Waals surface area contributed by atoms with E-state index < -0.39 is 0 Å². The molecule has 2 saturated heterocycles. The Labute approximate surface area is 140 Å². The van der Waals surface area contributed by atoms with Crippen molar-refractivity contribution < 1.29 is 9.53 Å². The predicted molar refractivity (Wildman–Crippen MR) is 88.7 cm³/mol. The first-order valence-corrected chi connectivity index (χ1v) is 9.58. The van der Waals surface area contributed by atoms with Gasteiger partial charge in [0.05, 0.1) is 18.2 Å². The molecule has 4 rings (SSSR count). The Morgan fingerprint density at radius 1 is 1.17 bits per heavy atom. The SMILES string of the molecule is O=C1CCC(Nc2nc(C3CCCC3)ns2)C(C2CCCO2)N1. The topological polar surface area (TPSA) is 76.1 Å². The molecule has 3 unspecified atom stereocenters. The zero-order valence-corrected chi connectivity index (χ0v) is 14.1. The molecule has 2 N–H and O–H groups in total. The number of hydrogen-bond acceptors (Lipinski definition) is 6. The van der Waals surface area contributed by atoms with Crippen LogP contribution in [0, 0.1) is 0 Å². The molecule has 0 aromatic carbocycles. The molecule has 1 aromatic heterocycles. The van der Waals surface area contributed by atoms with Gasteiger partial charge in [-0.05, 0) is 32.1 Å². The predicted octanol–water partition coefficient (Wildman–Crippen LogP) is 2.43. The minimum absolute atomic E-state index is 0.0394. The second-order valence-electron chi connectivity index (χ2n) is 6.87. The van der Waals surface area contributed by atoms with E-state index in [1.807, 2.05) is 0 Å². The van der Waals surface area contributed by atoms with Gasteiger partial charge in [0.25, 0.3) is 0 Å². The van der Waals surface area contributed by atoms with Gasteiger partial charge in [-0.1, -0.05) is 12.8 Å². The lowest BCUT2D eigenvalue weighted by molar-refractivity contribution is -0.124. The third kappa shape index (κ3) is 3.35. The van der Waals surface area contributed by atoms with E-state index in [-0.39, 0.29) is 24.1 Å². The number of ether oxygens (including phenoxy) is 1. The number of rotatable bonds is 4. The summed E-state index contributed by atoms with van der Waals surface area (Å²) in [6, 6.07) is 0.220. The molecule has 2 aliphatic heterocycles.